The van der Waals surface area contributed by atoms with Crippen LogP contribution in [0.3, 0.4) is 0 Å². The first kappa shape index (κ1) is 16.2. The van der Waals surface area contributed by atoms with Crippen molar-refractivity contribution < 1.29 is 0 Å². The van der Waals surface area contributed by atoms with E-state index in [1.807, 2.05) is 0 Å². The van der Waals surface area contributed by atoms with Gasteiger partial charge in [0.05, 0.1) is 0 Å². The Morgan fingerprint density at radius 1 is 1.04 bits per heavy atom. The van der Waals surface area contributed by atoms with E-state index in [1.54, 1.807) is 0 Å². The van der Waals surface area contributed by atoms with Gasteiger partial charge in [-0.05, 0) is 49.3 Å². The Kier molecular flexibility index (Phi) is 5.14. The summed E-state index contributed by atoms with van der Waals surface area (Å²) in [5.41, 5.74) is 11.9. The summed E-state index contributed by atoms with van der Waals surface area (Å²) in [6, 6.07) is 17.9. The second-order valence-corrected chi connectivity index (χ2v) is 7.18. The maximum Gasteiger partial charge on any atom is 0.0237 e. The minimum Gasteiger partial charge on any atom is -0.327 e. The normalized spacial score (nSPS) is 22.2. The minimum absolute atomic E-state index is 0.295. The van der Waals surface area contributed by atoms with E-state index in [-0.39, 0.29) is 0 Å². The fraction of sp³-hybridized carbons (Fsp3) is 0.429. The van der Waals surface area contributed by atoms with Gasteiger partial charge in [-0.3, -0.25) is 4.90 Å². The number of aryl methyl sites for hydroxylation is 2. The second-order valence-electron chi connectivity index (χ2n) is 7.18. The summed E-state index contributed by atoms with van der Waals surface area (Å²) in [6.07, 6.45) is 2.27. The Balaban J connectivity index is 1.65. The largest absolute Gasteiger partial charge is 0.327 e. The van der Waals surface area contributed by atoms with Gasteiger partial charge in [0.2, 0.25) is 0 Å². The molecule has 2 unspecified atom stereocenters. The maximum atomic E-state index is 6.34. The van der Waals surface area contributed by atoms with Gasteiger partial charge in [0.15, 0.2) is 0 Å². The van der Waals surface area contributed by atoms with Crippen molar-refractivity contribution in [1.82, 2.24) is 4.90 Å². The lowest BCUT2D eigenvalue weighted by Crippen LogP contribution is -2.47. The molecule has 23 heavy (non-hydrogen) atoms. The van der Waals surface area contributed by atoms with E-state index in [0.29, 0.717) is 12.0 Å². The average molecular weight is 308 g/mol. The molecular weight excluding hydrogens is 280 g/mol. The van der Waals surface area contributed by atoms with Crippen LogP contribution in [-0.2, 0) is 13.0 Å². The molecule has 2 aromatic rings. The summed E-state index contributed by atoms with van der Waals surface area (Å²) in [7, 11) is 0. The first-order valence-electron chi connectivity index (χ1n) is 8.68. The van der Waals surface area contributed by atoms with E-state index in [1.165, 1.54) is 22.3 Å². The molecule has 2 aromatic carbocycles. The van der Waals surface area contributed by atoms with Crippen LogP contribution in [0.2, 0.25) is 0 Å². The molecule has 2 N–H and O–H groups in total. The highest BCUT2D eigenvalue weighted by Crippen LogP contribution is 2.23. The van der Waals surface area contributed by atoms with Gasteiger partial charge in [-0.2, -0.15) is 0 Å². The molecule has 0 spiro atoms. The van der Waals surface area contributed by atoms with Gasteiger partial charge in [0, 0.05) is 25.7 Å². The average Bonchev–Trinajstić information content (AvgIpc) is 2.50. The van der Waals surface area contributed by atoms with Crippen molar-refractivity contribution in [3.8, 4) is 0 Å². The van der Waals surface area contributed by atoms with Crippen LogP contribution < -0.4 is 5.73 Å². The van der Waals surface area contributed by atoms with Crippen molar-refractivity contribution in [2.75, 3.05) is 13.1 Å². The van der Waals surface area contributed by atoms with Gasteiger partial charge in [-0.15, -0.1) is 0 Å². The summed E-state index contributed by atoms with van der Waals surface area (Å²) in [5, 5.41) is 0. The highest BCUT2D eigenvalue weighted by Gasteiger charge is 2.25. The van der Waals surface area contributed by atoms with Crippen LogP contribution in [0.25, 0.3) is 0 Å². The van der Waals surface area contributed by atoms with E-state index in [4.69, 9.17) is 5.73 Å². The third kappa shape index (κ3) is 4.43. The van der Waals surface area contributed by atoms with Crippen LogP contribution in [0.5, 0.6) is 0 Å². The van der Waals surface area contributed by atoms with Crippen LogP contribution >= 0.6 is 0 Å². The van der Waals surface area contributed by atoms with E-state index in [0.717, 1.165) is 32.5 Å². The number of hydrogen-bond acceptors (Lipinski definition) is 2. The Morgan fingerprint density at radius 2 is 1.83 bits per heavy atom. The number of piperidine rings is 1. The molecule has 1 saturated heterocycles. The molecule has 2 nitrogen and oxygen atoms in total. The van der Waals surface area contributed by atoms with Gasteiger partial charge in [-0.1, -0.05) is 54.1 Å². The lowest BCUT2D eigenvalue weighted by molar-refractivity contribution is 0.149. The summed E-state index contributed by atoms with van der Waals surface area (Å²) in [5.74, 6) is 0.659. The zero-order valence-electron chi connectivity index (χ0n) is 14.3. The Bertz CT molecular complexity index is 636. The number of benzene rings is 2. The minimum atomic E-state index is 0.295. The summed E-state index contributed by atoms with van der Waals surface area (Å²) in [6.45, 7) is 7.55. The van der Waals surface area contributed by atoms with E-state index >= 15 is 0 Å². The smallest absolute Gasteiger partial charge is 0.0237 e. The Labute approximate surface area is 140 Å². The third-order valence-corrected chi connectivity index (χ3v) is 4.90. The molecule has 0 aromatic heterocycles. The molecule has 3 rings (SSSR count). The Morgan fingerprint density at radius 3 is 2.57 bits per heavy atom. The van der Waals surface area contributed by atoms with E-state index in [9.17, 15) is 0 Å². The van der Waals surface area contributed by atoms with Crippen molar-refractivity contribution in [2.45, 2.75) is 39.3 Å². The molecule has 0 radical (unpaired) electrons. The quantitative estimate of drug-likeness (QED) is 0.933. The van der Waals surface area contributed by atoms with E-state index in [2.05, 4.69) is 67.3 Å². The van der Waals surface area contributed by atoms with Gasteiger partial charge in [-0.25, -0.2) is 0 Å². The van der Waals surface area contributed by atoms with Crippen molar-refractivity contribution in [1.29, 1.82) is 0 Å². The van der Waals surface area contributed by atoms with Gasteiger partial charge in [0.25, 0.3) is 0 Å². The summed E-state index contributed by atoms with van der Waals surface area (Å²) in [4.78, 5) is 2.54. The van der Waals surface area contributed by atoms with Gasteiger partial charge >= 0.3 is 0 Å². The lowest BCUT2D eigenvalue weighted by Gasteiger charge is -2.36. The molecule has 2 atom stereocenters. The van der Waals surface area contributed by atoms with Crippen molar-refractivity contribution in [3.05, 3.63) is 70.8 Å². The molecule has 1 heterocycles. The first-order valence-corrected chi connectivity index (χ1v) is 8.68. The van der Waals surface area contributed by atoms with Crippen LogP contribution in [0.4, 0.5) is 0 Å². The number of nitrogens with two attached hydrogens (primary N) is 1. The summed E-state index contributed by atoms with van der Waals surface area (Å²) >= 11 is 0. The fourth-order valence-corrected chi connectivity index (χ4v) is 3.84. The van der Waals surface area contributed by atoms with Crippen molar-refractivity contribution in [2.24, 2.45) is 11.7 Å². The molecule has 122 valence electrons. The number of hydrogen-bond donors (Lipinski definition) is 1. The van der Waals surface area contributed by atoms with Gasteiger partial charge < -0.3 is 5.73 Å². The number of likely N-dealkylation sites (tertiary alicyclic amines) is 1. The lowest BCUT2D eigenvalue weighted by atomic mass is 9.88. The standard InChI is InChI=1S/C21H28N2/c1-16-8-9-20(17(2)10-16)14-23-13-19(12-21(22)15-23)11-18-6-4-3-5-7-18/h3-10,19,21H,11-15,22H2,1-2H3. The number of nitrogens with zero attached hydrogens (tertiary/aromatic N) is 1. The molecule has 1 aliphatic rings. The maximum absolute atomic E-state index is 6.34. The van der Waals surface area contributed by atoms with E-state index < -0.39 is 0 Å². The predicted molar refractivity (Wildman–Crippen MR) is 97.4 cm³/mol. The Hall–Kier alpha value is -1.64. The molecule has 2 heteroatoms. The van der Waals surface area contributed by atoms with Crippen LogP contribution in [0, 0.1) is 19.8 Å². The monoisotopic (exact) mass is 308 g/mol. The molecule has 0 bridgehead atoms. The van der Waals surface area contributed by atoms with Gasteiger partial charge in [0.1, 0.15) is 0 Å². The molecular formula is C21H28N2. The van der Waals surface area contributed by atoms with Crippen molar-refractivity contribution in [3.63, 3.8) is 0 Å². The zero-order chi connectivity index (χ0) is 16.2. The molecule has 0 amide bonds. The predicted octanol–water partition coefficient (Wildman–Crippen LogP) is 3.70. The highest BCUT2D eigenvalue weighted by molar-refractivity contribution is 5.30. The second kappa shape index (κ2) is 7.29. The molecule has 0 aliphatic carbocycles. The van der Waals surface area contributed by atoms with Crippen LogP contribution in [0.15, 0.2) is 48.5 Å². The fourth-order valence-electron chi connectivity index (χ4n) is 3.84. The van der Waals surface area contributed by atoms with Crippen LogP contribution in [-0.4, -0.2) is 24.0 Å². The van der Waals surface area contributed by atoms with Crippen molar-refractivity contribution >= 4 is 0 Å². The molecule has 0 saturated carbocycles. The SMILES string of the molecule is Cc1ccc(CN2CC(N)CC(Cc3ccccc3)C2)c(C)c1. The molecule has 1 aliphatic heterocycles. The summed E-state index contributed by atoms with van der Waals surface area (Å²) < 4.78 is 0. The zero-order valence-corrected chi connectivity index (χ0v) is 14.3. The number of rotatable bonds is 4. The first-order chi connectivity index (χ1) is 11.1. The van der Waals surface area contributed by atoms with Crippen LogP contribution in [0.1, 0.15) is 28.7 Å². The third-order valence-electron chi connectivity index (χ3n) is 4.90. The highest BCUT2D eigenvalue weighted by atomic mass is 15.1. The molecule has 1 fully saturated rings. The topological polar surface area (TPSA) is 29.3 Å².